The average Bonchev–Trinajstić information content (AvgIpc) is 2.84. The molecule has 2 rings (SSSR count). The van der Waals surface area contributed by atoms with Gasteiger partial charge in [-0.25, -0.2) is 4.79 Å². The van der Waals surface area contributed by atoms with Crippen molar-refractivity contribution in [1.29, 1.82) is 0 Å². The number of aromatic nitrogens is 1. The standard InChI is InChI=1S/C14H24N4O3/c1-10-3-5-18(6-4-10)9-12(19)8-15-14(20)16-13-7-11(2)17-21-13/h7,10,12,19H,3-6,8-9H2,1-2H3,(H2,15,16,20)/t12-/m1/s1. The number of likely N-dealkylation sites (tertiary alicyclic amines) is 1. The van der Waals surface area contributed by atoms with Gasteiger partial charge in [0.05, 0.1) is 11.8 Å². The van der Waals surface area contributed by atoms with Crippen LogP contribution in [0.5, 0.6) is 0 Å². The number of carbonyl (C=O) groups is 1. The summed E-state index contributed by atoms with van der Waals surface area (Å²) in [5.41, 5.74) is 0.699. The molecule has 1 saturated heterocycles. The summed E-state index contributed by atoms with van der Waals surface area (Å²) in [4.78, 5) is 13.9. The zero-order valence-electron chi connectivity index (χ0n) is 12.6. The second-order valence-corrected chi connectivity index (χ2v) is 5.80. The van der Waals surface area contributed by atoms with Gasteiger partial charge in [-0.05, 0) is 38.8 Å². The van der Waals surface area contributed by atoms with Gasteiger partial charge in [0.25, 0.3) is 0 Å². The highest BCUT2D eigenvalue weighted by atomic mass is 16.5. The lowest BCUT2D eigenvalue weighted by Gasteiger charge is -2.31. The van der Waals surface area contributed by atoms with E-state index in [9.17, 15) is 9.90 Å². The van der Waals surface area contributed by atoms with Gasteiger partial charge in [-0.3, -0.25) is 5.32 Å². The molecular formula is C14H24N4O3. The first-order valence-electron chi connectivity index (χ1n) is 7.41. The summed E-state index contributed by atoms with van der Waals surface area (Å²) in [5, 5.41) is 18.8. The summed E-state index contributed by atoms with van der Waals surface area (Å²) >= 11 is 0. The molecule has 7 nitrogen and oxygen atoms in total. The van der Waals surface area contributed by atoms with Gasteiger partial charge in [0, 0.05) is 19.2 Å². The van der Waals surface area contributed by atoms with Crippen molar-refractivity contribution in [2.45, 2.75) is 32.8 Å². The largest absolute Gasteiger partial charge is 0.390 e. The topological polar surface area (TPSA) is 90.6 Å². The van der Waals surface area contributed by atoms with Crippen molar-refractivity contribution in [3.8, 4) is 0 Å². The van der Waals surface area contributed by atoms with Crippen LogP contribution in [0.2, 0.25) is 0 Å². The zero-order chi connectivity index (χ0) is 15.2. The molecule has 1 atom stereocenters. The van der Waals surface area contributed by atoms with Crippen molar-refractivity contribution in [3.05, 3.63) is 11.8 Å². The van der Waals surface area contributed by atoms with E-state index in [-0.39, 0.29) is 6.54 Å². The van der Waals surface area contributed by atoms with Crippen LogP contribution >= 0.6 is 0 Å². The van der Waals surface area contributed by atoms with E-state index >= 15 is 0 Å². The van der Waals surface area contributed by atoms with Gasteiger partial charge < -0.3 is 19.8 Å². The summed E-state index contributed by atoms with van der Waals surface area (Å²) in [7, 11) is 0. The Morgan fingerprint density at radius 3 is 2.90 bits per heavy atom. The Labute approximate surface area is 124 Å². The molecule has 0 radical (unpaired) electrons. The summed E-state index contributed by atoms with van der Waals surface area (Å²) in [5.74, 6) is 1.07. The van der Waals surface area contributed by atoms with Crippen LogP contribution in [0.25, 0.3) is 0 Å². The monoisotopic (exact) mass is 296 g/mol. The van der Waals surface area contributed by atoms with Crippen LogP contribution in [0, 0.1) is 12.8 Å². The first-order valence-corrected chi connectivity index (χ1v) is 7.41. The Balaban J connectivity index is 1.64. The van der Waals surface area contributed by atoms with Crippen LogP contribution in [0.3, 0.4) is 0 Å². The van der Waals surface area contributed by atoms with E-state index in [1.165, 1.54) is 12.8 Å². The fourth-order valence-corrected chi connectivity index (χ4v) is 2.40. The van der Waals surface area contributed by atoms with Crippen molar-refractivity contribution in [2.75, 3.05) is 31.5 Å². The van der Waals surface area contributed by atoms with Crippen molar-refractivity contribution in [1.82, 2.24) is 15.4 Å². The maximum atomic E-state index is 11.6. The Hall–Kier alpha value is -1.60. The second-order valence-electron chi connectivity index (χ2n) is 5.80. The minimum absolute atomic E-state index is 0.213. The number of urea groups is 1. The van der Waals surface area contributed by atoms with Gasteiger partial charge in [0.15, 0.2) is 0 Å². The van der Waals surface area contributed by atoms with E-state index < -0.39 is 12.1 Å². The van der Waals surface area contributed by atoms with E-state index in [1.54, 1.807) is 13.0 Å². The van der Waals surface area contributed by atoms with E-state index in [0.29, 0.717) is 18.1 Å². The number of aryl methyl sites for hydroxylation is 1. The molecule has 1 aliphatic rings. The highest BCUT2D eigenvalue weighted by Crippen LogP contribution is 2.15. The SMILES string of the molecule is Cc1cc(NC(=O)NC[C@@H](O)CN2CCC(C)CC2)on1. The molecule has 0 saturated carbocycles. The summed E-state index contributed by atoms with van der Waals surface area (Å²) in [6.07, 6.45) is 1.78. The number of piperidine rings is 1. The van der Waals surface area contributed by atoms with Crippen molar-refractivity contribution in [3.63, 3.8) is 0 Å². The van der Waals surface area contributed by atoms with Crippen LogP contribution < -0.4 is 10.6 Å². The zero-order valence-corrected chi connectivity index (χ0v) is 12.6. The van der Waals surface area contributed by atoms with Gasteiger partial charge in [0.2, 0.25) is 5.88 Å². The van der Waals surface area contributed by atoms with E-state index in [2.05, 4.69) is 27.6 Å². The van der Waals surface area contributed by atoms with Crippen molar-refractivity contribution in [2.24, 2.45) is 5.92 Å². The number of β-amino-alcohol motifs (C(OH)–C–C–N with tert-alkyl or cyclic N) is 1. The minimum atomic E-state index is -0.569. The Bertz CT molecular complexity index is 455. The number of carbonyl (C=O) groups excluding carboxylic acids is 1. The Morgan fingerprint density at radius 1 is 1.57 bits per heavy atom. The van der Waals surface area contributed by atoms with Gasteiger partial charge in [0.1, 0.15) is 0 Å². The number of nitrogens with zero attached hydrogens (tertiary/aromatic N) is 2. The van der Waals surface area contributed by atoms with Gasteiger partial charge >= 0.3 is 6.03 Å². The number of anilines is 1. The normalized spacial score (nSPS) is 18.4. The van der Waals surface area contributed by atoms with Crippen molar-refractivity contribution >= 4 is 11.9 Å². The number of amides is 2. The second kappa shape index (κ2) is 7.42. The maximum Gasteiger partial charge on any atom is 0.321 e. The third-order valence-corrected chi connectivity index (χ3v) is 3.71. The molecule has 1 fully saturated rings. The first-order chi connectivity index (χ1) is 10.0. The highest BCUT2D eigenvalue weighted by Gasteiger charge is 2.18. The van der Waals surface area contributed by atoms with Gasteiger partial charge in [-0.1, -0.05) is 12.1 Å². The van der Waals surface area contributed by atoms with E-state index in [0.717, 1.165) is 19.0 Å². The predicted octanol–water partition coefficient (Wildman–Crippen LogP) is 1.20. The molecule has 2 heterocycles. The van der Waals surface area contributed by atoms with Gasteiger partial charge in [-0.15, -0.1) is 0 Å². The summed E-state index contributed by atoms with van der Waals surface area (Å²) < 4.78 is 4.88. The molecule has 2 amide bonds. The molecule has 0 unspecified atom stereocenters. The number of aliphatic hydroxyl groups is 1. The average molecular weight is 296 g/mol. The smallest absolute Gasteiger partial charge is 0.321 e. The summed E-state index contributed by atoms with van der Waals surface area (Å²) in [6.45, 7) is 6.86. The quantitative estimate of drug-likeness (QED) is 0.759. The fraction of sp³-hybridized carbons (Fsp3) is 0.714. The lowest BCUT2D eigenvalue weighted by atomic mass is 9.99. The van der Waals surface area contributed by atoms with Crippen LogP contribution in [-0.2, 0) is 0 Å². The molecular weight excluding hydrogens is 272 g/mol. The van der Waals surface area contributed by atoms with Crippen LogP contribution in [0.4, 0.5) is 10.7 Å². The van der Waals surface area contributed by atoms with Crippen LogP contribution in [-0.4, -0.2) is 53.5 Å². The lowest BCUT2D eigenvalue weighted by molar-refractivity contribution is 0.0924. The van der Waals surface area contributed by atoms with E-state index in [1.807, 2.05) is 0 Å². The third-order valence-electron chi connectivity index (χ3n) is 3.71. The number of rotatable bonds is 5. The molecule has 118 valence electrons. The molecule has 0 spiro atoms. The van der Waals surface area contributed by atoms with Gasteiger partial charge in [-0.2, -0.15) is 0 Å². The summed E-state index contributed by atoms with van der Waals surface area (Å²) in [6, 6.07) is 1.22. The number of hydrogen-bond donors (Lipinski definition) is 3. The van der Waals surface area contributed by atoms with E-state index in [4.69, 9.17) is 4.52 Å². The third kappa shape index (κ3) is 5.35. The number of hydrogen-bond acceptors (Lipinski definition) is 5. The molecule has 3 N–H and O–H groups in total. The Morgan fingerprint density at radius 2 is 2.29 bits per heavy atom. The number of aliphatic hydroxyl groups excluding tert-OH is 1. The van der Waals surface area contributed by atoms with Crippen molar-refractivity contribution < 1.29 is 14.4 Å². The van der Waals surface area contributed by atoms with Crippen LogP contribution in [0.15, 0.2) is 10.6 Å². The maximum absolute atomic E-state index is 11.6. The first kappa shape index (κ1) is 15.8. The predicted molar refractivity (Wildman–Crippen MR) is 79.1 cm³/mol. The lowest BCUT2D eigenvalue weighted by Crippen LogP contribution is -2.43. The molecule has 7 heteroatoms. The molecule has 21 heavy (non-hydrogen) atoms. The minimum Gasteiger partial charge on any atom is -0.390 e. The van der Waals surface area contributed by atoms with Crippen LogP contribution in [0.1, 0.15) is 25.5 Å². The molecule has 0 aliphatic carbocycles. The molecule has 1 aliphatic heterocycles. The number of nitrogens with one attached hydrogen (secondary N) is 2. The molecule has 1 aromatic heterocycles. The molecule has 0 aromatic carbocycles. The molecule has 1 aromatic rings. The Kier molecular flexibility index (Phi) is 5.58. The fourth-order valence-electron chi connectivity index (χ4n) is 2.40. The highest BCUT2D eigenvalue weighted by molar-refractivity contribution is 5.87. The molecule has 0 bridgehead atoms.